The molecule has 0 aliphatic carbocycles. The molecule has 0 saturated carbocycles. The van der Waals surface area contributed by atoms with Gasteiger partial charge in [-0.05, 0) is 13.8 Å². The lowest BCUT2D eigenvalue weighted by atomic mass is 10.2. The van der Waals surface area contributed by atoms with Crippen molar-refractivity contribution in [3.8, 4) is 0 Å². The van der Waals surface area contributed by atoms with Gasteiger partial charge in [-0.15, -0.1) is 0 Å². The summed E-state index contributed by atoms with van der Waals surface area (Å²) in [5.74, 6) is 2.02. The standard InChI is InChI=1S/C13H19N5O2/c1-9(18-8-6-14-10(18)2)13(19)17(4)7-5-12-15-11(3)20-16-12/h6,8-9H,5,7H2,1-4H3/t9-/m1/s1. The maximum Gasteiger partial charge on any atom is 0.245 e. The molecule has 0 N–H and O–H groups in total. The molecule has 1 atom stereocenters. The molecule has 0 bridgehead atoms. The van der Waals surface area contributed by atoms with Gasteiger partial charge in [-0.2, -0.15) is 4.98 Å². The molecule has 2 aromatic heterocycles. The van der Waals surface area contributed by atoms with E-state index >= 15 is 0 Å². The summed E-state index contributed by atoms with van der Waals surface area (Å²) in [7, 11) is 1.78. The number of rotatable bonds is 5. The van der Waals surface area contributed by atoms with Gasteiger partial charge in [0.25, 0.3) is 0 Å². The van der Waals surface area contributed by atoms with Crippen molar-refractivity contribution >= 4 is 5.91 Å². The molecule has 7 nitrogen and oxygen atoms in total. The third-order valence-corrected chi connectivity index (χ3v) is 3.25. The molecule has 7 heteroatoms. The molecule has 0 saturated heterocycles. The van der Waals surface area contributed by atoms with Crippen molar-refractivity contribution in [3.05, 3.63) is 29.9 Å². The van der Waals surface area contributed by atoms with E-state index in [2.05, 4.69) is 15.1 Å². The van der Waals surface area contributed by atoms with Crippen molar-refractivity contribution < 1.29 is 9.32 Å². The summed E-state index contributed by atoms with van der Waals surface area (Å²) in [6, 6.07) is -0.269. The van der Waals surface area contributed by atoms with Gasteiger partial charge < -0.3 is 14.0 Å². The lowest BCUT2D eigenvalue weighted by Gasteiger charge is -2.22. The first-order valence-electron chi connectivity index (χ1n) is 6.52. The maximum absolute atomic E-state index is 12.3. The molecule has 0 aromatic carbocycles. The van der Waals surface area contributed by atoms with Gasteiger partial charge >= 0.3 is 0 Å². The van der Waals surface area contributed by atoms with Crippen molar-refractivity contribution in [1.82, 2.24) is 24.6 Å². The van der Waals surface area contributed by atoms with Crippen LogP contribution in [0.5, 0.6) is 0 Å². The number of aromatic nitrogens is 4. The van der Waals surface area contributed by atoms with Crippen molar-refractivity contribution in [2.45, 2.75) is 33.2 Å². The summed E-state index contributed by atoms with van der Waals surface area (Å²) in [6.45, 7) is 6.04. The number of nitrogens with zero attached hydrogens (tertiary/aromatic N) is 5. The summed E-state index contributed by atoms with van der Waals surface area (Å²) in [5, 5.41) is 3.82. The molecular weight excluding hydrogens is 258 g/mol. The summed E-state index contributed by atoms with van der Waals surface area (Å²) < 4.78 is 6.76. The maximum atomic E-state index is 12.3. The van der Waals surface area contributed by atoms with Gasteiger partial charge in [-0.1, -0.05) is 5.16 Å². The number of amides is 1. The van der Waals surface area contributed by atoms with Crippen LogP contribution in [0.3, 0.4) is 0 Å². The van der Waals surface area contributed by atoms with Crippen LogP contribution in [-0.4, -0.2) is 44.1 Å². The number of hydrogen-bond donors (Lipinski definition) is 0. The molecule has 2 rings (SSSR count). The van der Waals surface area contributed by atoms with Crippen LogP contribution < -0.4 is 0 Å². The van der Waals surface area contributed by atoms with Crippen LogP contribution in [0.1, 0.15) is 30.5 Å². The molecule has 0 fully saturated rings. The first-order chi connectivity index (χ1) is 9.49. The quantitative estimate of drug-likeness (QED) is 0.819. The van der Waals surface area contributed by atoms with E-state index in [1.54, 1.807) is 25.1 Å². The van der Waals surface area contributed by atoms with Gasteiger partial charge in [0.15, 0.2) is 5.82 Å². The van der Waals surface area contributed by atoms with E-state index in [0.717, 1.165) is 5.82 Å². The molecule has 20 heavy (non-hydrogen) atoms. The zero-order valence-electron chi connectivity index (χ0n) is 12.2. The number of carbonyl (C=O) groups is 1. The lowest BCUT2D eigenvalue weighted by molar-refractivity contribution is -0.133. The van der Waals surface area contributed by atoms with Gasteiger partial charge in [0.2, 0.25) is 11.8 Å². The molecule has 0 radical (unpaired) electrons. The Hall–Kier alpha value is -2.18. The van der Waals surface area contributed by atoms with Crippen LogP contribution in [0.25, 0.3) is 0 Å². The SMILES string of the molecule is Cc1nc(CCN(C)C(=O)[C@@H](C)n2ccnc2C)no1. The minimum atomic E-state index is -0.269. The summed E-state index contributed by atoms with van der Waals surface area (Å²) in [4.78, 5) is 22.3. The average molecular weight is 277 g/mol. The minimum Gasteiger partial charge on any atom is -0.344 e. The Morgan fingerprint density at radius 3 is 2.80 bits per heavy atom. The van der Waals surface area contributed by atoms with E-state index in [1.165, 1.54) is 0 Å². The fraction of sp³-hybridized carbons (Fsp3) is 0.538. The van der Waals surface area contributed by atoms with Crippen LogP contribution in [0.2, 0.25) is 0 Å². The Balaban J connectivity index is 1.93. The Labute approximate surface area is 117 Å². The second kappa shape index (κ2) is 5.85. The number of hydrogen-bond acceptors (Lipinski definition) is 5. The van der Waals surface area contributed by atoms with E-state index in [1.807, 2.05) is 24.6 Å². The van der Waals surface area contributed by atoms with Crippen molar-refractivity contribution in [2.75, 3.05) is 13.6 Å². The monoisotopic (exact) mass is 277 g/mol. The van der Waals surface area contributed by atoms with Crippen LogP contribution in [0.15, 0.2) is 16.9 Å². The van der Waals surface area contributed by atoms with Crippen LogP contribution in [-0.2, 0) is 11.2 Å². The van der Waals surface area contributed by atoms with Crippen LogP contribution in [0.4, 0.5) is 0 Å². The third-order valence-electron chi connectivity index (χ3n) is 3.25. The van der Waals surface area contributed by atoms with E-state index < -0.39 is 0 Å². The minimum absolute atomic E-state index is 0.0336. The van der Waals surface area contributed by atoms with E-state index in [0.29, 0.717) is 24.7 Å². The predicted octanol–water partition coefficient (Wildman–Crippen LogP) is 1.15. The fourth-order valence-electron chi connectivity index (χ4n) is 2.06. The first-order valence-corrected chi connectivity index (χ1v) is 6.52. The summed E-state index contributed by atoms with van der Waals surface area (Å²) in [5.41, 5.74) is 0. The second-order valence-electron chi connectivity index (χ2n) is 4.80. The highest BCUT2D eigenvalue weighted by Crippen LogP contribution is 2.11. The van der Waals surface area contributed by atoms with Crippen LogP contribution >= 0.6 is 0 Å². The molecular formula is C13H19N5O2. The molecule has 0 aliphatic heterocycles. The van der Waals surface area contributed by atoms with Crippen molar-refractivity contribution in [1.29, 1.82) is 0 Å². The largest absolute Gasteiger partial charge is 0.344 e. The Bertz CT molecular complexity index is 589. The highest BCUT2D eigenvalue weighted by atomic mass is 16.5. The fourth-order valence-corrected chi connectivity index (χ4v) is 2.06. The van der Waals surface area contributed by atoms with Gasteiger partial charge in [0.05, 0.1) is 0 Å². The molecule has 0 aliphatic rings. The Kier molecular flexibility index (Phi) is 4.16. The van der Waals surface area contributed by atoms with Crippen molar-refractivity contribution in [2.24, 2.45) is 0 Å². The smallest absolute Gasteiger partial charge is 0.245 e. The number of likely N-dealkylation sites (N-methyl/N-ethyl adjacent to an activating group) is 1. The van der Waals surface area contributed by atoms with E-state index in [-0.39, 0.29) is 11.9 Å². The zero-order chi connectivity index (χ0) is 14.7. The summed E-state index contributed by atoms with van der Waals surface area (Å²) >= 11 is 0. The molecule has 2 aromatic rings. The van der Waals surface area contributed by atoms with Gasteiger partial charge in [-0.25, -0.2) is 4.98 Å². The Morgan fingerprint density at radius 2 is 2.25 bits per heavy atom. The average Bonchev–Trinajstić information content (AvgIpc) is 3.03. The number of imidazole rings is 1. The molecule has 108 valence electrons. The third kappa shape index (κ3) is 3.04. The van der Waals surface area contributed by atoms with Crippen LogP contribution in [0, 0.1) is 13.8 Å². The topological polar surface area (TPSA) is 77.1 Å². The summed E-state index contributed by atoms with van der Waals surface area (Å²) in [6.07, 6.45) is 4.09. The van der Waals surface area contributed by atoms with Crippen molar-refractivity contribution in [3.63, 3.8) is 0 Å². The zero-order valence-corrected chi connectivity index (χ0v) is 12.2. The number of aryl methyl sites for hydroxylation is 2. The predicted molar refractivity (Wildman–Crippen MR) is 72.1 cm³/mol. The van der Waals surface area contributed by atoms with Gasteiger partial charge in [0, 0.05) is 39.3 Å². The Morgan fingerprint density at radius 1 is 1.50 bits per heavy atom. The second-order valence-corrected chi connectivity index (χ2v) is 4.80. The number of carbonyl (C=O) groups excluding carboxylic acids is 1. The molecule has 1 amide bonds. The molecule has 0 spiro atoms. The normalized spacial score (nSPS) is 12.4. The molecule has 0 unspecified atom stereocenters. The van der Waals surface area contributed by atoms with Gasteiger partial charge in [-0.3, -0.25) is 4.79 Å². The van der Waals surface area contributed by atoms with E-state index in [4.69, 9.17) is 4.52 Å². The van der Waals surface area contributed by atoms with E-state index in [9.17, 15) is 4.79 Å². The first kappa shape index (κ1) is 14.2. The van der Waals surface area contributed by atoms with Gasteiger partial charge in [0.1, 0.15) is 11.9 Å². The highest BCUT2D eigenvalue weighted by molar-refractivity contribution is 5.79. The lowest BCUT2D eigenvalue weighted by Crippen LogP contribution is -2.34. The molecule has 2 heterocycles. The highest BCUT2D eigenvalue weighted by Gasteiger charge is 2.20.